The van der Waals surface area contributed by atoms with Gasteiger partial charge in [-0.2, -0.15) is 10.2 Å². The number of aromatic nitrogens is 1. The van der Waals surface area contributed by atoms with Crippen LogP contribution in [0.15, 0.2) is 71.1 Å². The molecule has 0 fully saturated rings. The minimum absolute atomic E-state index is 0.222. The molecule has 0 aliphatic heterocycles. The van der Waals surface area contributed by atoms with Crippen LogP contribution in [-0.4, -0.2) is 4.98 Å². The van der Waals surface area contributed by atoms with Gasteiger partial charge in [0.2, 0.25) is 17.5 Å². The molecule has 0 atom stereocenters. The molecule has 4 aromatic rings. The smallest absolute Gasteiger partial charge is 0.232 e. The first kappa shape index (κ1) is 16.2. The number of benzene rings is 3. The SMILES string of the molecule is N#Cc1nc(-c2cccc3ccccc23)oc1NCc1ccccc1Cl. The normalized spacial score (nSPS) is 10.6. The number of nitriles is 1. The van der Waals surface area contributed by atoms with Crippen molar-refractivity contribution < 1.29 is 4.42 Å². The molecule has 126 valence electrons. The first-order valence-corrected chi connectivity index (χ1v) is 8.50. The predicted octanol–water partition coefficient (Wildman–Crippen LogP) is 5.63. The monoisotopic (exact) mass is 359 g/mol. The van der Waals surface area contributed by atoms with Gasteiger partial charge in [0.25, 0.3) is 0 Å². The quantitative estimate of drug-likeness (QED) is 0.512. The molecular formula is C21H14ClN3O. The lowest BCUT2D eigenvalue weighted by atomic mass is 10.0. The van der Waals surface area contributed by atoms with Gasteiger partial charge in [0, 0.05) is 17.1 Å². The lowest BCUT2D eigenvalue weighted by molar-refractivity contribution is 0.585. The number of hydrogen-bond acceptors (Lipinski definition) is 4. The lowest BCUT2D eigenvalue weighted by Crippen LogP contribution is -2.00. The number of halogens is 1. The Labute approximate surface area is 155 Å². The lowest BCUT2D eigenvalue weighted by Gasteiger charge is -2.05. The third-order valence-electron chi connectivity index (χ3n) is 4.15. The summed E-state index contributed by atoms with van der Waals surface area (Å²) in [6.45, 7) is 0.443. The second kappa shape index (κ2) is 6.91. The summed E-state index contributed by atoms with van der Waals surface area (Å²) in [5.41, 5.74) is 1.99. The van der Waals surface area contributed by atoms with Gasteiger partial charge in [0.1, 0.15) is 6.07 Å². The summed E-state index contributed by atoms with van der Waals surface area (Å²) < 4.78 is 5.87. The van der Waals surface area contributed by atoms with Crippen molar-refractivity contribution in [2.75, 3.05) is 5.32 Å². The molecule has 26 heavy (non-hydrogen) atoms. The molecule has 0 spiro atoms. The Morgan fingerprint density at radius 3 is 2.62 bits per heavy atom. The number of nitrogens with zero attached hydrogens (tertiary/aromatic N) is 2. The molecule has 0 saturated carbocycles. The Morgan fingerprint density at radius 1 is 1.00 bits per heavy atom. The number of anilines is 1. The standard InChI is InChI=1S/C21H14ClN3O/c22-18-11-4-2-7-15(18)13-24-21-19(12-23)25-20(26-21)17-10-5-8-14-6-1-3-9-16(14)17/h1-11,24H,13H2. The number of hydrogen-bond donors (Lipinski definition) is 1. The van der Waals surface area contributed by atoms with E-state index in [9.17, 15) is 5.26 Å². The Bertz CT molecular complexity index is 1120. The van der Waals surface area contributed by atoms with Crippen LogP contribution in [0.5, 0.6) is 0 Å². The molecular weight excluding hydrogens is 346 g/mol. The van der Waals surface area contributed by atoms with Crippen LogP contribution in [0.2, 0.25) is 5.02 Å². The van der Waals surface area contributed by atoms with Gasteiger partial charge in [0.15, 0.2) is 0 Å². The number of oxazole rings is 1. The highest BCUT2D eigenvalue weighted by molar-refractivity contribution is 6.31. The van der Waals surface area contributed by atoms with Crippen LogP contribution in [0.1, 0.15) is 11.3 Å². The van der Waals surface area contributed by atoms with Crippen LogP contribution < -0.4 is 5.32 Å². The van der Waals surface area contributed by atoms with Crippen molar-refractivity contribution >= 4 is 28.3 Å². The molecule has 0 bridgehead atoms. The van der Waals surface area contributed by atoms with Gasteiger partial charge < -0.3 is 9.73 Å². The van der Waals surface area contributed by atoms with E-state index in [1.54, 1.807) is 0 Å². The average Bonchev–Trinajstić information content (AvgIpc) is 3.10. The van der Waals surface area contributed by atoms with Crippen LogP contribution >= 0.6 is 11.6 Å². The number of nitrogens with one attached hydrogen (secondary N) is 1. The van der Waals surface area contributed by atoms with E-state index in [1.165, 1.54) is 0 Å². The zero-order valence-electron chi connectivity index (χ0n) is 13.7. The summed E-state index contributed by atoms with van der Waals surface area (Å²) in [4.78, 5) is 4.36. The first-order chi connectivity index (χ1) is 12.8. The van der Waals surface area contributed by atoms with Crippen molar-refractivity contribution in [2.45, 2.75) is 6.54 Å². The molecule has 3 aromatic carbocycles. The molecule has 0 unspecified atom stereocenters. The minimum atomic E-state index is 0.222. The van der Waals surface area contributed by atoms with E-state index in [0.717, 1.165) is 21.9 Å². The van der Waals surface area contributed by atoms with Gasteiger partial charge >= 0.3 is 0 Å². The predicted molar refractivity (Wildman–Crippen MR) is 103 cm³/mol. The zero-order valence-corrected chi connectivity index (χ0v) is 14.5. The van der Waals surface area contributed by atoms with Crippen LogP contribution in [0.25, 0.3) is 22.2 Å². The highest BCUT2D eigenvalue weighted by Crippen LogP contribution is 2.31. The minimum Gasteiger partial charge on any atom is -0.419 e. The van der Waals surface area contributed by atoms with Gasteiger partial charge in [-0.3, -0.25) is 0 Å². The molecule has 0 aliphatic carbocycles. The van der Waals surface area contributed by atoms with Gasteiger partial charge in [-0.25, -0.2) is 0 Å². The topological polar surface area (TPSA) is 61.9 Å². The third kappa shape index (κ3) is 3.01. The zero-order chi connectivity index (χ0) is 17.9. The fraction of sp³-hybridized carbons (Fsp3) is 0.0476. The summed E-state index contributed by atoms with van der Waals surface area (Å²) in [5, 5.41) is 15.3. The van der Waals surface area contributed by atoms with E-state index in [1.807, 2.05) is 66.7 Å². The number of fused-ring (bicyclic) bond motifs is 1. The highest BCUT2D eigenvalue weighted by atomic mass is 35.5. The number of rotatable bonds is 4. The maximum Gasteiger partial charge on any atom is 0.232 e. The van der Waals surface area contributed by atoms with E-state index in [2.05, 4.69) is 16.4 Å². The van der Waals surface area contributed by atoms with Crippen LogP contribution in [0.4, 0.5) is 5.88 Å². The molecule has 1 aromatic heterocycles. The van der Waals surface area contributed by atoms with E-state index in [0.29, 0.717) is 23.3 Å². The van der Waals surface area contributed by atoms with Crippen molar-refractivity contribution in [1.29, 1.82) is 5.26 Å². The summed E-state index contributed by atoms with van der Waals surface area (Å²) in [7, 11) is 0. The van der Waals surface area contributed by atoms with Gasteiger partial charge in [-0.05, 0) is 28.5 Å². The third-order valence-corrected chi connectivity index (χ3v) is 4.52. The van der Waals surface area contributed by atoms with Gasteiger partial charge in [-0.1, -0.05) is 66.2 Å². The molecule has 0 saturated heterocycles. The first-order valence-electron chi connectivity index (χ1n) is 8.12. The molecule has 0 amide bonds. The van der Waals surface area contributed by atoms with Crippen molar-refractivity contribution in [3.63, 3.8) is 0 Å². The van der Waals surface area contributed by atoms with E-state index in [-0.39, 0.29) is 5.69 Å². The fourth-order valence-electron chi connectivity index (χ4n) is 2.86. The Balaban J connectivity index is 1.69. The molecule has 1 heterocycles. The fourth-order valence-corrected chi connectivity index (χ4v) is 3.06. The van der Waals surface area contributed by atoms with Crippen molar-refractivity contribution in [3.05, 3.63) is 83.0 Å². The molecule has 1 N–H and O–H groups in total. The molecule has 4 rings (SSSR count). The van der Waals surface area contributed by atoms with Crippen molar-refractivity contribution in [2.24, 2.45) is 0 Å². The second-order valence-electron chi connectivity index (χ2n) is 5.78. The maximum absolute atomic E-state index is 9.41. The van der Waals surface area contributed by atoms with E-state index >= 15 is 0 Å². The Hall–Kier alpha value is -3.29. The van der Waals surface area contributed by atoms with Gasteiger partial charge in [-0.15, -0.1) is 0 Å². The van der Waals surface area contributed by atoms with Gasteiger partial charge in [0.05, 0.1) is 0 Å². The summed E-state index contributed by atoms with van der Waals surface area (Å²) >= 11 is 6.18. The summed E-state index contributed by atoms with van der Waals surface area (Å²) in [5.74, 6) is 0.760. The van der Waals surface area contributed by atoms with Crippen molar-refractivity contribution in [1.82, 2.24) is 4.98 Å². The van der Waals surface area contributed by atoms with Crippen LogP contribution in [-0.2, 0) is 6.54 Å². The Morgan fingerprint density at radius 2 is 1.77 bits per heavy atom. The van der Waals surface area contributed by atoms with Crippen LogP contribution in [0, 0.1) is 11.3 Å². The molecule has 4 nitrogen and oxygen atoms in total. The average molecular weight is 360 g/mol. The molecule has 0 aliphatic rings. The van der Waals surface area contributed by atoms with E-state index in [4.69, 9.17) is 16.0 Å². The Kier molecular flexibility index (Phi) is 4.30. The van der Waals surface area contributed by atoms with Crippen LogP contribution in [0.3, 0.4) is 0 Å². The highest BCUT2D eigenvalue weighted by Gasteiger charge is 2.16. The summed E-state index contributed by atoms with van der Waals surface area (Å²) in [6.07, 6.45) is 0. The van der Waals surface area contributed by atoms with Crippen molar-refractivity contribution in [3.8, 4) is 17.5 Å². The molecule has 5 heteroatoms. The summed E-state index contributed by atoms with van der Waals surface area (Å²) in [6, 6.07) is 23.5. The maximum atomic E-state index is 9.41. The van der Waals surface area contributed by atoms with E-state index < -0.39 is 0 Å². The largest absolute Gasteiger partial charge is 0.419 e. The second-order valence-corrected chi connectivity index (χ2v) is 6.19. The molecule has 0 radical (unpaired) electrons.